The number of carbonyl (C=O) groups excluding carboxylic acids is 1. The smallest absolute Gasteiger partial charge is 0.307 e. The zero-order valence-corrected chi connectivity index (χ0v) is 13.7. The molecule has 0 saturated carbocycles. The lowest BCUT2D eigenvalue weighted by atomic mass is 10.2. The summed E-state index contributed by atoms with van der Waals surface area (Å²) in [5.74, 6) is 0. The average molecular weight is 338 g/mol. The first-order chi connectivity index (χ1) is 10.4. The predicted octanol–water partition coefficient (Wildman–Crippen LogP) is 3.84. The van der Waals surface area contributed by atoms with E-state index in [9.17, 15) is 9.00 Å². The molecule has 0 aliphatic rings. The minimum Gasteiger partial charge on any atom is -0.307 e. The van der Waals surface area contributed by atoms with Crippen molar-refractivity contribution in [2.24, 2.45) is 4.36 Å². The van der Waals surface area contributed by atoms with Crippen LogP contribution in [0.3, 0.4) is 0 Å². The van der Waals surface area contributed by atoms with Crippen LogP contribution in [0.1, 0.15) is 5.56 Å². The van der Waals surface area contributed by atoms with Crippen molar-refractivity contribution < 1.29 is 9.00 Å². The van der Waals surface area contributed by atoms with E-state index >= 15 is 0 Å². The average Bonchev–Trinajstić information content (AvgIpc) is 2.50. The summed E-state index contributed by atoms with van der Waals surface area (Å²) in [6.07, 6.45) is 0. The Kier molecular flexibility index (Phi) is 5.05. The van der Waals surface area contributed by atoms with Crippen molar-refractivity contribution in [2.45, 2.75) is 11.8 Å². The summed E-state index contributed by atoms with van der Waals surface area (Å²) in [5.41, 5.74) is 1.58. The number of hydrogen-bond donors (Lipinski definition) is 2. The first-order valence-electron chi connectivity index (χ1n) is 6.49. The monoisotopic (exact) mass is 337 g/mol. The van der Waals surface area contributed by atoms with Crippen molar-refractivity contribution in [3.05, 3.63) is 59.1 Å². The molecule has 0 bridgehead atoms. The Morgan fingerprint density at radius 1 is 1.09 bits per heavy atom. The Bertz CT molecular complexity index is 779. The van der Waals surface area contributed by atoms with Gasteiger partial charge < -0.3 is 5.32 Å². The van der Waals surface area contributed by atoms with Crippen LogP contribution in [0, 0.1) is 6.92 Å². The molecule has 116 valence electrons. The van der Waals surface area contributed by atoms with E-state index in [2.05, 4.69) is 14.4 Å². The molecule has 0 aliphatic heterocycles. The molecule has 2 rings (SSSR count). The van der Waals surface area contributed by atoms with Crippen molar-refractivity contribution in [1.82, 2.24) is 4.72 Å². The van der Waals surface area contributed by atoms with Gasteiger partial charge in [0, 0.05) is 17.8 Å². The first kappa shape index (κ1) is 16.3. The van der Waals surface area contributed by atoms with Gasteiger partial charge in [-0.2, -0.15) is 0 Å². The molecule has 0 heterocycles. The number of nitrogens with zero attached hydrogens (tertiary/aromatic N) is 1. The van der Waals surface area contributed by atoms with E-state index in [1.165, 1.54) is 7.05 Å². The van der Waals surface area contributed by atoms with Crippen LogP contribution in [0.15, 0.2) is 57.8 Å². The van der Waals surface area contributed by atoms with Gasteiger partial charge in [-0.3, -0.25) is 0 Å². The van der Waals surface area contributed by atoms with Crippen LogP contribution in [-0.4, -0.2) is 17.3 Å². The number of hydrogen-bond acceptors (Lipinski definition) is 3. The van der Waals surface area contributed by atoms with Crippen LogP contribution in [-0.2, 0) is 9.92 Å². The van der Waals surface area contributed by atoms with Crippen LogP contribution in [0.2, 0.25) is 5.02 Å². The highest BCUT2D eigenvalue weighted by atomic mass is 35.5. The highest BCUT2D eigenvalue weighted by Crippen LogP contribution is 2.15. The van der Waals surface area contributed by atoms with Crippen molar-refractivity contribution in [2.75, 3.05) is 12.4 Å². The fourth-order valence-electron chi connectivity index (χ4n) is 1.75. The number of urea groups is 1. The topological polar surface area (TPSA) is 70.6 Å². The predicted molar refractivity (Wildman–Crippen MR) is 89.5 cm³/mol. The lowest BCUT2D eigenvalue weighted by Crippen LogP contribution is -2.34. The van der Waals surface area contributed by atoms with E-state index in [4.69, 9.17) is 11.6 Å². The summed E-state index contributed by atoms with van der Waals surface area (Å²) in [5, 5.41) is 3.16. The molecule has 5 nitrogen and oxygen atoms in total. The molecule has 0 radical (unpaired) electrons. The zero-order chi connectivity index (χ0) is 16.2. The van der Waals surface area contributed by atoms with Gasteiger partial charge >= 0.3 is 6.03 Å². The Morgan fingerprint density at radius 3 is 2.23 bits per heavy atom. The van der Waals surface area contributed by atoms with Crippen LogP contribution in [0.4, 0.5) is 10.5 Å². The van der Waals surface area contributed by atoms with Crippen LogP contribution >= 0.6 is 11.6 Å². The standard InChI is InChI=1S/C15H16ClN3O2S/c1-11-3-9-14(10-4-11)22(21,17-2)19-15(20)18-13-7-5-12(16)6-8-13/h3-10H,1-2H3,(H2,17,18,19,20,21). The summed E-state index contributed by atoms with van der Waals surface area (Å²) < 4.78 is 19.0. The third-order valence-corrected chi connectivity index (χ3v) is 5.07. The van der Waals surface area contributed by atoms with E-state index < -0.39 is 15.9 Å². The van der Waals surface area contributed by atoms with Gasteiger partial charge in [0.1, 0.15) is 0 Å². The number of carbonyl (C=O) groups is 1. The second-order valence-electron chi connectivity index (χ2n) is 4.58. The second kappa shape index (κ2) is 6.81. The number of benzene rings is 2. The molecule has 2 aromatic rings. The summed E-state index contributed by atoms with van der Waals surface area (Å²) in [7, 11) is -1.61. The SMILES string of the molecule is CN=S(=O)(NC(=O)Nc1ccc(Cl)cc1)c1ccc(C)cc1. The molecule has 0 aromatic heterocycles. The summed E-state index contributed by atoms with van der Waals surface area (Å²) in [4.78, 5) is 12.5. The molecular weight excluding hydrogens is 322 g/mol. The third-order valence-electron chi connectivity index (χ3n) is 2.93. The molecule has 0 spiro atoms. The van der Waals surface area contributed by atoms with E-state index in [-0.39, 0.29) is 0 Å². The zero-order valence-electron chi connectivity index (χ0n) is 12.2. The van der Waals surface area contributed by atoms with E-state index in [0.29, 0.717) is 15.6 Å². The highest BCUT2D eigenvalue weighted by Gasteiger charge is 2.15. The van der Waals surface area contributed by atoms with E-state index in [1.54, 1.807) is 36.4 Å². The van der Waals surface area contributed by atoms with Crippen molar-refractivity contribution in [3.8, 4) is 0 Å². The van der Waals surface area contributed by atoms with Gasteiger partial charge in [-0.1, -0.05) is 29.3 Å². The quantitative estimate of drug-likeness (QED) is 0.893. The summed E-state index contributed by atoms with van der Waals surface area (Å²) in [6.45, 7) is 1.93. The fourth-order valence-corrected chi connectivity index (χ4v) is 3.10. The lowest BCUT2D eigenvalue weighted by Gasteiger charge is -2.12. The van der Waals surface area contributed by atoms with Gasteiger partial charge in [-0.05, 0) is 43.3 Å². The number of rotatable bonds is 3. The maximum Gasteiger partial charge on any atom is 0.331 e. The lowest BCUT2D eigenvalue weighted by molar-refractivity contribution is 0.257. The van der Waals surface area contributed by atoms with Crippen molar-refractivity contribution in [3.63, 3.8) is 0 Å². The molecular formula is C15H16ClN3O2S. The molecule has 22 heavy (non-hydrogen) atoms. The molecule has 2 N–H and O–H groups in total. The Balaban J connectivity index is 2.16. The maximum atomic E-state index is 12.8. The third kappa shape index (κ3) is 3.99. The van der Waals surface area contributed by atoms with Gasteiger partial charge in [-0.15, -0.1) is 0 Å². The fraction of sp³-hybridized carbons (Fsp3) is 0.133. The number of anilines is 1. The first-order valence-corrected chi connectivity index (χ1v) is 8.38. The minimum atomic E-state index is -3.01. The molecule has 0 saturated heterocycles. The highest BCUT2D eigenvalue weighted by molar-refractivity contribution is 7.92. The van der Waals surface area contributed by atoms with Crippen molar-refractivity contribution in [1.29, 1.82) is 0 Å². The summed E-state index contributed by atoms with van der Waals surface area (Å²) >= 11 is 5.78. The van der Waals surface area contributed by atoms with Gasteiger partial charge in [0.25, 0.3) is 0 Å². The number of amides is 2. The van der Waals surface area contributed by atoms with E-state index in [0.717, 1.165) is 5.56 Å². The minimum absolute atomic E-state index is 0.451. The molecule has 1 unspecified atom stereocenters. The van der Waals surface area contributed by atoms with Gasteiger partial charge in [-0.25, -0.2) is 18.1 Å². The van der Waals surface area contributed by atoms with Crippen LogP contribution < -0.4 is 10.0 Å². The van der Waals surface area contributed by atoms with Crippen LogP contribution in [0.25, 0.3) is 0 Å². The van der Waals surface area contributed by atoms with Crippen LogP contribution in [0.5, 0.6) is 0 Å². The Labute approximate surface area is 135 Å². The van der Waals surface area contributed by atoms with Crippen molar-refractivity contribution >= 4 is 33.2 Å². The van der Waals surface area contributed by atoms with Gasteiger partial charge in [0.15, 0.2) is 9.92 Å². The normalized spacial score (nSPS) is 13.0. The number of aryl methyl sites for hydroxylation is 1. The molecule has 7 heteroatoms. The number of nitrogens with one attached hydrogen (secondary N) is 2. The number of halogens is 1. The molecule has 2 aromatic carbocycles. The molecule has 1 atom stereocenters. The maximum absolute atomic E-state index is 12.8. The Hall–Kier alpha value is -2.05. The van der Waals surface area contributed by atoms with E-state index in [1.807, 2.05) is 19.1 Å². The van der Waals surface area contributed by atoms with Gasteiger partial charge in [0.05, 0.1) is 4.90 Å². The summed E-state index contributed by atoms with van der Waals surface area (Å²) in [6, 6.07) is 13.0. The largest absolute Gasteiger partial charge is 0.331 e. The molecule has 0 fully saturated rings. The Morgan fingerprint density at radius 2 is 1.68 bits per heavy atom. The second-order valence-corrected chi connectivity index (χ2v) is 7.11. The van der Waals surface area contributed by atoms with Gasteiger partial charge in [0.2, 0.25) is 0 Å². The molecule has 2 amide bonds. The molecule has 0 aliphatic carbocycles.